The monoisotopic (exact) mass is 482 g/mol. The number of rotatable bonds is 9. The molecule has 0 bridgehead atoms. The number of halogens is 2. The number of carbonyl (C=O) groups excluding carboxylic acids is 2. The second-order valence-electron chi connectivity index (χ2n) is 4.08. The van der Waals surface area contributed by atoms with Crippen LogP contribution in [0.2, 0.25) is 0 Å². The zero-order valence-electron chi connectivity index (χ0n) is 10.8. The molecule has 18 heavy (non-hydrogen) atoms. The molecule has 2 atom stereocenters. The van der Waals surface area contributed by atoms with E-state index in [-0.39, 0.29) is 25.2 Å². The van der Waals surface area contributed by atoms with Crippen LogP contribution >= 0.6 is 45.2 Å². The summed E-state index contributed by atoms with van der Waals surface area (Å²) in [5.41, 5.74) is 0. The van der Waals surface area contributed by atoms with E-state index in [0.29, 0.717) is 20.7 Å². The average molecular weight is 482 g/mol. The molecule has 0 aromatic rings. The molecule has 0 aliphatic heterocycles. The lowest BCUT2D eigenvalue weighted by Crippen LogP contribution is -2.14. The molecule has 4 nitrogen and oxygen atoms in total. The summed E-state index contributed by atoms with van der Waals surface area (Å²) in [5, 5.41) is 0. The highest BCUT2D eigenvalue weighted by atomic mass is 127. The van der Waals surface area contributed by atoms with Crippen LogP contribution in [0.15, 0.2) is 0 Å². The Morgan fingerprint density at radius 3 is 1.50 bits per heavy atom. The van der Waals surface area contributed by atoms with Gasteiger partial charge in [0.15, 0.2) is 0 Å². The lowest BCUT2D eigenvalue weighted by atomic mass is 10.2. The maximum absolute atomic E-state index is 11.2. The number of esters is 2. The molecule has 0 saturated carbocycles. The van der Waals surface area contributed by atoms with Crippen molar-refractivity contribution in [3.63, 3.8) is 0 Å². The third-order valence-corrected chi connectivity index (χ3v) is 3.35. The zero-order chi connectivity index (χ0) is 14.0. The molecule has 0 radical (unpaired) electrons. The molecule has 0 fully saturated rings. The van der Waals surface area contributed by atoms with Gasteiger partial charge in [-0.1, -0.05) is 59.0 Å². The van der Waals surface area contributed by atoms with Crippen LogP contribution < -0.4 is 0 Å². The Balaban J connectivity index is 3.44. The van der Waals surface area contributed by atoms with Crippen molar-refractivity contribution in [1.82, 2.24) is 0 Å². The third-order valence-electron chi connectivity index (χ3n) is 2.10. The Bertz CT molecular complexity index is 228. The predicted octanol–water partition coefficient (Wildman–Crippen LogP) is 3.28. The minimum Gasteiger partial charge on any atom is -0.462 e. The van der Waals surface area contributed by atoms with Gasteiger partial charge in [-0.3, -0.25) is 9.59 Å². The molecule has 0 aliphatic rings. The summed E-state index contributed by atoms with van der Waals surface area (Å²) in [6.45, 7) is 4.40. The largest absolute Gasteiger partial charge is 0.462 e. The SMILES string of the molecule is CC(I)CCC(=O)OCCOC(=O)CCC(C)I. The Morgan fingerprint density at radius 2 is 1.22 bits per heavy atom. The highest BCUT2D eigenvalue weighted by Crippen LogP contribution is 2.08. The number of ether oxygens (including phenoxy) is 2. The molecule has 106 valence electrons. The Kier molecular flexibility index (Phi) is 11.5. The molecule has 0 aromatic carbocycles. The van der Waals surface area contributed by atoms with Crippen molar-refractivity contribution in [3.05, 3.63) is 0 Å². The van der Waals surface area contributed by atoms with Crippen molar-refractivity contribution < 1.29 is 19.1 Å². The maximum atomic E-state index is 11.2. The van der Waals surface area contributed by atoms with E-state index in [0.717, 1.165) is 12.8 Å². The fraction of sp³-hybridized carbons (Fsp3) is 0.833. The van der Waals surface area contributed by atoms with Crippen molar-refractivity contribution in [2.75, 3.05) is 13.2 Å². The number of carbonyl (C=O) groups is 2. The van der Waals surface area contributed by atoms with Crippen LogP contribution in [0.4, 0.5) is 0 Å². The first-order chi connectivity index (χ1) is 8.41. The van der Waals surface area contributed by atoms with Gasteiger partial charge in [-0.15, -0.1) is 0 Å². The van der Waals surface area contributed by atoms with Crippen LogP contribution in [-0.2, 0) is 19.1 Å². The van der Waals surface area contributed by atoms with E-state index in [2.05, 4.69) is 45.2 Å². The molecule has 2 unspecified atom stereocenters. The average Bonchev–Trinajstić information content (AvgIpc) is 2.29. The molecule has 0 N–H and O–H groups in total. The van der Waals surface area contributed by atoms with E-state index in [4.69, 9.17) is 9.47 Å². The van der Waals surface area contributed by atoms with E-state index < -0.39 is 0 Å². The summed E-state index contributed by atoms with van der Waals surface area (Å²) in [6, 6.07) is 0. The smallest absolute Gasteiger partial charge is 0.305 e. The second kappa shape index (κ2) is 11.2. The van der Waals surface area contributed by atoms with Crippen LogP contribution in [0.5, 0.6) is 0 Å². The Morgan fingerprint density at radius 1 is 0.889 bits per heavy atom. The molecule has 0 amide bonds. The Labute approximate surface area is 136 Å². The first-order valence-corrected chi connectivity index (χ1v) is 8.50. The third kappa shape index (κ3) is 12.8. The molecule has 0 saturated heterocycles. The van der Waals surface area contributed by atoms with Crippen molar-refractivity contribution >= 4 is 57.1 Å². The zero-order valence-corrected chi connectivity index (χ0v) is 15.1. The highest BCUT2D eigenvalue weighted by Gasteiger charge is 2.07. The lowest BCUT2D eigenvalue weighted by Gasteiger charge is -2.07. The fourth-order valence-corrected chi connectivity index (χ4v) is 1.71. The van der Waals surface area contributed by atoms with Gasteiger partial charge in [0.2, 0.25) is 0 Å². The van der Waals surface area contributed by atoms with Gasteiger partial charge >= 0.3 is 11.9 Å². The quantitative estimate of drug-likeness (QED) is 0.219. The molecular formula is C12H20I2O4. The van der Waals surface area contributed by atoms with Gasteiger partial charge in [-0.2, -0.15) is 0 Å². The summed E-state index contributed by atoms with van der Waals surface area (Å²) < 4.78 is 10.8. The van der Waals surface area contributed by atoms with Crippen LogP contribution in [0.3, 0.4) is 0 Å². The summed E-state index contributed by atoms with van der Waals surface area (Å²) in [7, 11) is 0. The summed E-state index contributed by atoms with van der Waals surface area (Å²) in [6.07, 6.45) is 2.47. The van der Waals surface area contributed by atoms with Crippen LogP contribution in [0.1, 0.15) is 39.5 Å². The second-order valence-corrected chi connectivity index (χ2v) is 8.33. The van der Waals surface area contributed by atoms with Crippen molar-refractivity contribution in [2.24, 2.45) is 0 Å². The number of hydrogen-bond acceptors (Lipinski definition) is 4. The molecule has 0 spiro atoms. The van der Waals surface area contributed by atoms with E-state index in [9.17, 15) is 9.59 Å². The normalized spacial score (nSPS) is 13.8. The molecule has 6 heteroatoms. The van der Waals surface area contributed by atoms with Gasteiger partial charge in [0.05, 0.1) is 0 Å². The van der Waals surface area contributed by atoms with Crippen molar-refractivity contribution in [3.8, 4) is 0 Å². The van der Waals surface area contributed by atoms with E-state index in [1.165, 1.54) is 0 Å². The first kappa shape index (κ1) is 18.4. The fourth-order valence-electron chi connectivity index (χ4n) is 1.09. The minimum atomic E-state index is -0.226. The van der Waals surface area contributed by atoms with Gasteiger partial charge < -0.3 is 9.47 Å². The topological polar surface area (TPSA) is 52.6 Å². The molecule has 0 aromatic heterocycles. The molecule has 0 rings (SSSR count). The standard InChI is InChI=1S/C12H20I2O4/c1-9(13)3-5-11(15)17-7-8-18-12(16)6-4-10(2)14/h9-10H,3-8H2,1-2H3. The van der Waals surface area contributed by atoms with E-state index in [1.807, 2.05) is 13.8 Å². The van der Waals surface area contributed by atoms with Crippen LogP contribution in [-0.4, -0.2) is 33.0 Å². The number of hydrogen-bond donors (Lipinski definition) is 0. The molecule has 0 aliphatic carbocycles. The van der Waals surface area contributed by atoms with Gasteiger partial charge in [0.25, 0.3) is 0 Å². The summed E-state index contributed by atoms with van der Waals surface area (Å²) >= 11 is 4.53. The molecule has 0 heterocycles. The molecular weight excluding hydrogens is 462 g/mol. The van der Waals surface area contributed by atoms with Gasteiger partial charge in [0.1, 0.15) is 13.2 Å². The lowest BCUT2D eigenvalue weighted by molar-refractivity contribution is -0.152. The Hall–Kier alpha value is 0.400. The highest BCUT2D eigenvalue weighted by molar-refractivity contribution is 14.1. The maximum Gasteiger partial charge on any atom is 0.305 e. The predicted molar refractivity (Wildman–Crippen MR) is 87.4 cm³/mol. The van der Waals surface area contributed by atoms with E-state index >= 15 is 0 Å². The van der Waals surface area contributed by atoms with Gasteiger partial charge in [0, 0.05) is 20.7 Å². The van der Waals surface area contributed by atoms with Crippen molar-refractivity contribution in [2.45, 2.75) is 47.4 Å². The number of alkyl halides is 2. The van der Waals surface area contributed by atoms with Crippen LogP contribution in [0, 0.1) is 0 Å². The minimum absolute atomic E-state index is 0.153. The summed E-state index contributed by atoms with van der Waals surface area (Å²) in [5.74, 6) is -0.453. The summed E-state index contributed by atoms with van der Waals surface area (Å²) in [4.78, 5) is 22.5. The van der Waals surface area contributed by atoms with Gasteiger partial charge in [-0.05, 0) is 12.8 Å². The van der Waals surface area contributed by atoms with Crippen LogP contribution in [0.25, 0.3) is 0 Å². The van der Waals surface area contributed by atoms with E-state index in [1.54, 1.807) is 0 Å². The first-order valence-electron chi connectivity index (χ1n) is 6.01. The van der Waals surface area contributed by atoms with Crippen molar-refractivity contribution in [1.29, 1.82) is 0 Å². The van der Waals surface area contributed by atoms with Gasteiger partial charge in [-0.25, -0.2) is 0 Å².